The summed E-state index contributed by atoms with van der Waals surface area (Å²) in [5, 5.41) is 2.78. The van der Waals surface area contributed by atoms with E-state index in [-0.39, 0.29) is 66.8 Å². The number of unbranched alkanes of at least 4 members (excludes halogenated alkanes) is 2. The Balaban J connectivity index is 0.00000650. The van der Waals surface area contributed by atoms with Crippen LogP contribution in [0, 0.1) is 0 Å². The van der Waals surface area contributed by atoms with Crippen LogP contribution in [0.2, 0.25) is 0 Å². The quantitative estimate of drug-likeness (QED) is 0.0831. The minimum Gasteiger partial charge on any atom is -0.748 e. The molecule has 1 N–H and O–H groups in total. The number of anilines is 1. The number of para-hydroxylation sites is 1. The van der Waals surface area contributed by atoms with E-state index >= 15 is 0 Å². The van der Waals surface area contributed by atoms with Gasteiger partial charge in [0.1, 0.15) is 6.54 Å². The van der Waals surface area contributed by atoms with Crippen LogP contribution in [0.1, 0.15) is 74.9 Å². The number of amides is 3. The Hall–Kier alpha value is -3.44. The second-order valence-electron chi connectivity index (χ2n) is 14.5. The van der Waals surface area contributed by atoms with Gasteiger partial charge in [0.05, 0.1) is 25.7 Å². The molecule has 5 rings (SSSR count). The minimum atomic E-state index is -4.37. The van der Waals surface area contributed by atoms with E-state index in [2.05, 4.69) is 34.7 Å². The summed E-state index contributed by atoms with van der Waals surface area (Å²) < 4.78 is 69.8. The fraction of sp³-hybridized carbons (Fsp3) is 0.421. The molecule has 54 heavy (non-hydrogen) atoms. The van der Waals surface area contributed by atoms with E-state index in [4.69, 9.17) is 0 Å². The summed E-state index contributed by atoms with van der Waals surface area (Å²) in [6.45, 7) is 9.37. The van der Waals surface area contributed by atoms with E-state index in [1.165, 1.54) is 12.2 Å². The van der Waals surface area contributed by atoms with Crippen LogP contribution in [-0.2, 0) is 40.7 Å². The van der Waals surface area contributed by atoms with Gasteiger partial charge in [0, 0.05) is 89.8 Å². The van der Waals surface area contributed by atoms with Gasteiger partial charge in [-0.2, -0.15) is 4.58 Å². The fourth-order valence-corrected chi connectivity index (χ4v) is 8.42. The van der Waals surface area contributed by atoms with Crippen LogP contribution in [0.15, 0.2) is 78.5 Å². The number of imide groups is 1. The van der Waals surface area contributed by atoms with Crippen molar-refractivity contribution in [3.63, 3.8) is 0 Å². The van der Waals surface area contributed by atoms with Gasteiger partial charge in [-0.1, -0.05) is 38.1 Å². The molecule has 3 aliphatic rings. The first-order valence-electron chi connectivity index (χ1n) is 17.6. The maximum Gasteiger partial charge on any atom is 1.00 e. The third kappa shape index (κ3) is 9.86. The zero-order chi connectivity index (χ0) is 38.8. The zero-order valence-corrected chi connectivity index (χ0v) is 35.0. The molecule has 13 nitrogen and oxygen atoms in total. The SMILES string of the molecule is CC1(C)C(/C=C/C=C2/N(CCCCS(=O)(=O)[O-])c3ccc(C(=O)NCCN4C(=O)C=CC4=O)cc3C2(C)C)=[N+](CCCCS(=O)(=O)[O-])c2ccccc21.[Na+]. The summed E-state index contributed by atoms with van der Waals surface area (Å²) in [4.78, 5) is 40.1. The number of hydrogen-bond acceptors (Lipinski definition) is 10. The third-order valence-corrected chi connectivity index (χ3v) is 11.6. The summed E-state index contributed by atoms with van der Waals surface area (Å²) in [7, 11) is -8.67. The molecule has 16 heteroatoms. The average Bonchev–Trinajstić information content (AvgIpc) is 3.59. The molecule has 0 saturated carbocycles. The van der Waals surface area contributed by atoms with Crippen molar-refractivity contribution in [1.29, 1.82) is 0 Å². The number of benzene rings is 2. The van der Waals surface area contributed by atoms with E-state index in [1.807, 2.05) is 62.4 Å². The average molecular weight is 789 g/mol. The van der Waals surface area contributed by atoms with E-state index in [9.17, 15) is 40.3 Å². The molecule has 3 amide bonds. The fourth-order valence-electron chi connectivity index (χ4n) is 7.30. The number of carbonyl (C=O) groups is 3. The Morgan fingerprint density at radius 3 is 2.09 bits per heavy atom. The van der Waals surface area contributed by atoms with Gasteiger partial charge < -0.3 is 19.3 Å². The molecule has 0 atom stereocenters. The van der Waals surface area contributed by atoms with Gasteiger partial charge in [0.15, 0.2) is 5.71 Å². The Labute approximate surface area is 339 Å². The molecular formula is C38H45N4NaO9S2. The maximum atomic E-state index is 13.2. The molecule has 2 aromatic carbocycles. The molecule has 0 radical (unpaired) electrons. The summed E-state index contributed by atoms with van der Waals surface area (Å²) in [6, 6.07) is 13.4. The molecule has 0 aromatic heterocycles. The minimum absolute atomic E-state index is 0. The molecule has 0 fully saturated rings. The molecule has 284 valence electrons. The number of rotatable bonds is 16. The first-order chi connectivity index (χ1) is 24.8. The van der Waals surface area contributed by atoms with Crippen molar-refractivity contribution in [2.75, 3.05) is 42.6 Å². The normalized spacial score (nSPS) is 18.1. The topological polar surface area (TPSA) is 187 Å². The number of nitrogens with one attached hydrogen (secondary N) is 1. The number of carbonyl (C=O) groups excluding carboxylic acids is 3. The van der Waals surface area contributed by atoms with Gasteiger partial charge in [-0.15, -0.1) is 0 Å². The number of hydrogen-bond donors (Lipinski definition) is 1. The Bertz CT molecular complexity index is 2140. The first-order valence-corrected chi connectivity index (χ1v) is 20.7. The van der Waals surface area contributed by atoms with E-state index in [1.54, 1.807) is 6.07 Å². The number of nitrogens with zero attached hydrogens (tertiary/aromatic N) is 3. The van der Waals surface area contributed by atoms with E-state index in [0.717, 1.165) is 38.8 Å². The van der Waals surface area contributed by atoms with Gasteiger partial charge in [-0.25, -0.2) is 16.8 Å². The molecule has 2 aromatic rings. The summed E-state index contributed by atoms with van der Waals surface area (Å²) >= 11 is 0. The monoisotopic (exact) mass is 788 g/mol. The summed E-state index contributed by atoms with van der Waals surface area (Å²) in [5.74, 6) is -2.11. The summed E-state index contributed by atoms with van der Waals surface area (Å²) in [6.07, 6.45) is 9.73. The molecule has 0 spiro atoms. The van der Waals surface area contributed by atoms with Crippen molar-refractivity contribution in [2.24, 2.45) is 0 Å². The standard InChI is InChI=1S/C38H46N4O9S2.Na/c1-37(2)28-12-5-6-13-30(28)40(21-7-9-24-52(46,47)48)32(37)14-11-15-33-38(3,4)29-26-27(36(45)39-20-23-42-34(43)18-19-35(42)44)16-17-31(29)41(33)22-8-10-25-53(49,50)51;/h5-6,11-19,26H,7-10,20-25H2,1-4H3,(H2-,39,45,46,47,48,49,50,51);/q;+1/p-1. The van der Waals surface area contributed by atoms with Crippen molar-refractivity contribution < 1.29 is 74.5 Å². The maximum absolute atomic E-state index is 13.2. The van der Waals surface area contributed by atoms with Crippen molar-refractivity contribution in [1.82, 2.24) is 10.2 Å². The zero-order valence-electron chi connectivity index (χ0n) is 31.3. The van der Waals surface area contributed by atoms with Crippen LogP contribution >= 0.6 is 0 Å². The second-order valence-corrected chi connectivity index (χ2v) is 17.5. The predicted molar refractivity (Wildman–Crippen MR) is 199 cm³/mol. The molecule has 0 saturated heterocycles. The largest absolute Gasteiger partial charge is 1.00 e. The number of fused-ring (bicyclic) bond motifs is 2. The Morgan fingerprint density at radius 1 is 0.815 bits per heavy atom. The van der Waals surface area contributed by atoms with Gasteiger partial charge in [0.2, 0.25) is 5.69 Å². The van der Waals surface area contributed by atoms with Crippen molar-refractivity contribution in [3.05, 3.63) is 95.2 Å². The molecule has 0 aliphatic carbocycles. The third-order valence-electron chi connectivity index (χ3n) is 10.0. The second kappa shape index (κ2) is 17.1. The van der Waals surface area contributed by atoms with Crippen LogP contribution in [-0.4, -0.2) is 96.5 Å². The van der Waals surface area contributed by atoms with Crippen LogP contribution in [0.3, 0.4) is 0 Å². The predicted octanol–water partition coefficient (Wildman–Crippen LogP) is 0.610. The van der Waals surface area contributed by atoms with Gasteiger partial charge >= 0.3 is 29.6 Å². The smallest absolute Gasteiger partial charge is 0.748 e. The van der Waals surface area contributed by atoms with Crippen LogP contribution in [0.5, 0.6) is 0 Å². The van der Waals surface area contributed by atoms with Crippen molar-refractivity contribution >= 4 is 55.0 Å². The van der Waals surface area contributed by atoms with Gasteiger partial charge in [-0.3, -0.25) is 19.3 Å². The Morgan fingerprint density at radius 2 is 1.44 bits per heavy atom. The summed E-state index contributed by atoms with van der Waals surface area (Å²) in [5.41, 5.74) is 5.13. The number of allylic oxidation sites excluding steroid dienone is 4. The van der Waals surface area contributed by atoms with Gasteiger partial charge in [-0.05, 0) is 62.9 Å². The van der Waals surface area contributed by atoms with Crippen LogP contribution < -0.4 is 39.8 Å². The van der Waals surface area contributed by atoms with E-state index < -0.39 is 49.0 Å². The van der Waals surface area contributed by atoms with Crippen LogP contribution in [0.4, 0.5) is 11.4 Å². The first kappa shape index (κ1) is 43.3. The van der Waals surface area contributed by atoms with Crippen molar-refractivity contribution in [2.45, 2.75) is 64.2 Å². The molecule has 0 bridgehead atoms. The van der Waals surface area contributed by atoms with Crippen molar-refractivity contribution in [3.8, 4) is 0 Å². The Kier molecular flexibility index (Phi) is 13.7. The molecule has 0 unspecified atom stereocenters. The van der Waals surface area contributed by atoms with Crippen LogP contribution in [0.25, 0.3) is 0 Å². The molecule has 3 heterocycles. The van der Waals surface area contributed by atoms with Gasteiger partial charge in [0.25, 0.3) is 17.7 Å². The molecule has 3 aliphatic heterocycles. The van der Waals surface area contributed by atoms with E-state index in [0.29, 0.717) is 31.5 Å². The molecular weight excluding hydrogens is 744 g/mol.